The zero-order valence-corrected chi connectivity index (χ0v) is 12.2. The van der Waals surface area contributed by atoms with Gasteiger partial charge in [-0.15, -0.1) is 11.3 Å². The number of hydrogen-bond acceptors (Lipinski definition) is 5. The number of hydrogen-bond donors (Lipinski definition) is 2. The summed E-state index contributed by atoms with van der Waals surface area (Å²) in [4.78, 5) is 24.2. The highest BCUT2D eigenvalue weighted by Gasteiger charge is 2.06. The van der Waals surface area contributed by atoms with Crippen molar-refractivity contribution in [1.29, 1.82) is 0 Å². The Morgan fingerprint density at radius 2 is 2.26 bits per heavy atom. The molecule has 6 heteroatoms. The molecule has 0 spiro atoms. The zero-order chi connectivity index (χ0) is 13.8. The lowest BCUT2D eigenvalue weighted by atomic mass is 10.2. The van der Waals surface area contributed by atoms with Crippen molar-refractivity contribution < 1.29 is 0 Å². The van der Waals surface area contributed by atoms with Crippen molar-refractivity contribution in [2.75, 3.05) is 5.32 Å². The molecule has 2 aromatic rings. The maximum Gasteiger partial charge on any atom is 0.252 e. The first kappa shape index (κ1) is 13.7. The number of thiazole rings is 1. The molecule has 0 unspecified atom stereocenters. The minimum Gasteiger partial charge on any atom is -0.363 e. The molecule has 0 fully saturated rings. The van der Waals surface area contributed by atoms with Crippen LogP contribution in [0.2, 0.25) is 0 Å². The first-order valence-electron chi connectivity index (χ1n) is 6.37. The molecule has 5 nitrogen and oxygen atoms in total. The van der Waals surface area contributed by atoms with Gasteiger partial charge in [-0.1, -0.05) is 20.8 Å². The number of aromatic nitrogens is 3. The second kappa shape index (κ2) is 5.97. The summed E-state index contributed by atoms with van der Waals surface area (Å²) in [6.45, 7) is 6.70. The maximum absolute atomic E-state index is 11.5. The van der Waals surface area contributed by atoms with E-state index in [0.717, 1.165) is 11.4 Å². The number of aromatic amines is 1. The summed E-state index contributed by atoms with van der Waals surface area (Å²) in [6.07, 6.45) is 2.89. The predicted molar refractivity (Wildman–Crippen MR) is 77.8 cm³/mol. The second-order valence-electron chi connectivity index (χ2n) is 4.60. The first-order valence-corrected chi connectivity index (χ1v) is 7.19. The van der Waals surface area contributed by atoms with E-state index in [-0.39, 0.29) is 11.5 Å². The van der Waals surface area contributed by atoms with Gasteiger partial charge in [-0.25, -0.2) is 9.97 Å². The van der Waals surface area contributed by atoms with Gasteiger partial charge in [-0.2, -0.15) is 0 Å². The van der Waals surface area contributed by atoms with Crippen molar-refractivity contribution in [3.05, 3.63) is 38.3 Å². The van der Waals surface area contributed by atoms with E-state index in [9.17, 15) is 4.79 Å². The van der Waals surface area contributed by atoms with Gasteiger partial charge in [0.15, 0.2) is 0 Å². The normalized spacial score (nSPS) is 10.9. The van der Waals surface area contributed by atoms with Crippen molar-refractivity contribution in [2.24, 2.45) is 0 Å². The van der Waals surface area contributed by atoms with Crippen LogP contribution in [0.5, 0.6) is 0 Å². The van der Waals surface area contributed by atoms with Gasteiger partial charge in [0.1, 0.15) is 16.6 Å². The fourth-order valence-electron chi connectivity index (χ4n) is 1.60. The number of nitrogens with zero attached hydrogens (tertiary/aromatic N) is 2. The summed E-state index contributed by atoms with van der Waals surface area (Å²) in [7, 11) is 0. The first-order chi connectivity index (χ1) is 9.08. The lowest BCUT2D eigenvalue weighted by Crippen LogP contribution is -2.14. The molecular weight excluding hydrogens is 260 g/mol. The number of H-pyrrole nitrogens is 1. The molecule has 0 atom stereocenters. The van der Waals surface area contributed by atoms with Crippen molar-refractivity contribution in [2.45, 2.75) is 39.7 Å². The number of aryl methyl sites for hydroxylation is 1. The van der Waals surface area contributed by atoms with Gasteiger partial charge in [0.2, 0.25) is 0 Å². The summed E-state index contributed by atoms with van der Waals surface area (Å²) in [6, 6.07) is 1.47. The molecule has 2 rings (SSSR count). The van der Waals surface area contributed by atoms with Crippen LogP contribution in [0.15, 0.2) is 17.1 Å². The molecule has 2 N–H and O–H groups in total. The highest BCUT2D eigenvalue weighted by Crippen LogP contribution is 2.15. The van der Waals surface area contributed by atoms with Crippen LogP contribution in [0.4, 0.5) is 5.82 Å². The quantitative estimate of drug-likeness (QED) is 0.881. The molecule has 102 valence electrons. The highest BCUT2D eigenvalue weighted by atomic mass is 32.1. The third-order valence-corrected chi connectivity index (χ3v) is 3.82. The average molecular weight is 278 g/mol. The number of rotatable bonds is 5. The SMILES string of the molecule is CCc1cnc(CNc2cc(=O)[nH]c(C(C)C)n2)s1. The Morgan fingerprint density at radius 3 is 2.89 bits per heavy atom. The summed E-state index contributed by atoms with van der Waals surface area (Å²) < 4.78 is 0. The summed E-state index contributed by atoms with van der Waals surface area (Å²) in [5.74, 6) is 1.49. The predicted octanol–water partition coefficient (Wildman–Crippen LogP) is 2.52. The second-order valence-corrected chi connectivity index (χ2v) is 5.80. The summed E-state index contributed by atoms with van der Waals surface area (Å²) in [5, 5.41) is 4.16. The minimum atomic E-state index is -0.130. The van der Waals surface area contributed by atoms with Crippen LogP contribution in [0.3, 0.4) is 0 Å². The topological polar surface area (TPSA) is 70.7 Å². The number of anilines is 1. The zero-order valence-electron chi connectivity index (χ0n) is 11.4. The third-order valence-electron chi connectivity index (χ3n) is 2.68. The van der Waals surface area contributed by atoms with Crippen molar-refractivity contribution in [1.82, 2.24) is 15.0 Å². The van der Waals surface area contributed by atoms with Crippen molar-refractivity contribution in [3.8, 4) is 0 Å². The van der Waals surface area contributed by atoms with Crippen LogP contribution in [-0.2, 0) is 13.0 Å². The lowest BCUT2D eigenvalue weighted by molar-refractivity contribution is 0.766. The van der Waals surface area contributed by atoms with E-state index in [0.29, 0.717) is 18.2 Å². The molecule has 0 aromatic carbocycles. The van der Waals surface area contributed by atoms with Crippen LogP contribution < -0.4 is 10.9 Å². The molecule has 0 aliphatic heterocycles. The van der Waals surface area contributed by atoms with Gasteiger partial charge in [0.25, 0.3) is 5.56 Å². The Bertz CT molecular complexity index is 603. The largest absolute Gasteiger partial charge is 0.363 e. The molecule has 19 heavy (non-hydrogen) atoms. The Balaban J connectivity index is 2.08. The summed E-state index contributed by atoms with van der Waals surface area (Å²) >= 11 is 1.68. The van der Waals surface area contributed by atoms with E-state index in [1.165, 1.54) is 10.9 Å². The molecule has 0 aliphatic carbocycles. The van der Waals surface area contributed by atoms with Crippen LogP contribution in [-0.4, -0.2) is 15.0 Å². The maximum atomic E-state index is 11.5. The van der Waals surface area contributed by atoms with E-state index >= 15 is 0 Å². The molecule has 0 amide bonds. The van der Waals surface area contributed by atoms with Gasteiger partial charge < -0.3 is 10.3 Å². The van der Waals surface area contributed by atoms with Crippen LogP contribution in [0, 0.1) is 0 Å². The van der Waals surface area contributed by atoms with Crippen LogP contribution in [0.25, 0.3) is 0 Å². The molecule has 2 heterocycles. The Morgan fingerprint density at radius 1 is 1.47 bits per heavy atom. The van der Waals surface area contributed by atoms with Crippen molar-refractivity contribution >= 4 is 17.2 Å². The number of nitrogens with one attached hydrogen (secondary N) is 2. The molecular formula is C13H18N4OS. The van der Waals surface area contributed by atoms with E-state index in [1.54, 1.807) is 11.3 Å². The van der Waals surface area contributed by atoms with Gasteiger partial charge >= 0.3 is 0 Å². The van der Waals surface area contributed by atoms with Crippen LogP contribution in [0.1, 0.15) is 42.4 Å². The fourth-order valence-corrected chi connectivity index (χ4v) is 2.40. The molecule has 2 aromatic heterocycles. The molecule has 0 radical (unpaired) electrons. The molecule has 0 aliphatic rings. The highest BCUT2D eigenvalue weighted by molar-refractivity contribution is 7.11. The van der Waals surface area contributed by atoms with Crippen molar-refractivity contribution in [3.63, 3.8) is 0 Å². The van der Waals surface area contributed by atoms with E-state index in [2.05, 4.69) is 27.2 Å². The van der Waals surface area contributed by atoms with E-state index in [1.807, 2.05) is 20.0 Å². The fraction of sp³-hybridized carbons (Fsp3) is 0.462. The minimum absolute atomic E-state index is 0.130. The smallest absolute Gasteiger partial charge is 0.252 e. The average Bonchev–Trinajstić information content (AvgIpc) is 2.83. The Labute approximate surface area is 116 Å². The van der Waals surface area contributed by atoms with Gasteiger partial charge in [-0.05, 0) is 6.42 Å². The third kappa shape index (κ3) is 3.64. The van der Waals surface area contributed by atoms with Gasteiger partial charge in [0.05, 0.1) is 6.54 Å². The monoisotopic (exact) mass is 278 g/mol. The van der Waals surface area contributed by atoms with E-state index in [4.69, 9.17) is 0 Å². The Hall–Kier alpha value is -1.69. The Kier molecular flexibility index (Phi) is 4.31. The van der Waals surface area contributed by atoms with E-state index < -0.39 is 0 Å². The standard InChI is InChI=1S/C13H18N4OS/c1-4-9-6-15-12(19-9)7-14-10-5-11(18)17-13(16-10)8(2)3/h5-6,8H,4,7H2,1-3H3,(H2,14,16,17,18). The molecule has 0 bridgehead atoms. The van der Waals surface area contributed by atoms with Gasteiger partial charge in [-0.3, -0.25) is 4.79 Å². The summed E-state index contributed by atoms with van der Waals surface area (Å²) in [5.41, 5.74) is -0.130. The van der Waals surface area contributed by atoms with Gasteiger partial charge in [0, 0.05) is 23.1 Å². The molecule has 0 saturated heterocycles. The molecule has 0 saturated carbocycles. The lowest BCUT2D eigenvalue weighted by Gasteiger charge is -2.07. The van der Waals surface area contributed by atoms with Crippen LogP contribution >= 0.6 is 11.3 Å².